The summed E-state index contributed by atoms with van der Waals surface area (Å²) in [6.07, 6.45) is 3.79. The maximum atomic E-state index is 8.55. The standard InChI is InChI=1S/C32H26N4/c1-17-21-9-5-7-11-23(21)29(33-17)15-31-27-13-26-20(4)36-32(28(26)14-25(27)19(3)35-31)16-30-24-12-8-6-10-22(24)18(2)34-30/h5-16,33-34H,1-4H3/p+2/b31-15-,32-16-/i5D,6D,7D,8D,9D,10D,11D,12D. The number of aryl methyl sites for hydroxylation is 2. The Morgan fingerprint density at radius 3 is 1.39 bits per heavy atom. The molecule has 0 unspecified atom stereocenters. The van der Waals surface area contributed by atoms with E-state index in [-0.39, 0.29) is 48.3 Å². The molecule has 5 aromatic rings. The lowest BCUT2D eigenvalue weighted by molar-refractivity contribution is -0.337. The highest BCUT2D eigenvalue weighted by Gasteiger charge is 2.33. The summed E-state index contributed by atoms with van der Waals surface area (Å²) in [7, 11) is 0. The van der Waals surface area contributed by atoms with Gasteiger partial charge in [0.15, 0.2) is 11.4 Å². The third kappa shape index (κ3) is 3.01. The molecule has 2 aliphatic heterocycles. The minimum Gasteiger partial charge on any atom is -0.358 e. The molecule has 7 rings (SSSR count). The molecule has 2 aromatic heterocycles. The molecule has 0 saturated heterocycles. The molecule has 4 heterocycles. The van der Waals surface area contributed by atoms with E-state index < -0.39 is 0 Å². The lowest BCUT2D eigenvalue weighted by atomic mass is 9.94. The van der Waals surface area contributed by atoms with Crippen molar-refractivity contribution in [3.63, 3.8) is 0 Å². The van der Waals surface area contributed by atoms with Gasteiger partial charge in [-0.25, -0.2) is 9.98 Å². The number of hydrogen-bond donors (Lipinski definition) is 4. The van der Waals surface area contributed by atoms with Crippen molar-refractivity contribution in [3.05, 3.63) is 106 Å². The van der Waals surface area contributed by atoms with Crippen molar-refractivity contribution in [2.75, 3.05) is 0 Å². The second-order valence-corrected chi connectivity index (χ2v) is 9.39. The van der Waals surface area contributed by atoms with E-state index in [1.54, 1.807) is 0 Å². The van der Waals surface area contributed by atoms with Gasteiger partial charge in [0.1, 0.15) is 0 Å². The summed E-state index contributed by atoms with van der Waals surface area (Å²) >= 11 is 0. The van der Waals surface area contributed by atoms with Crippen LogP contribution in [0.3, 0.4) is 0 Å². The summed E-state index contributed by atoms with van der Waals surface area (Å²) in [4.78, 5) is 13.5. The van der Waals surface area contributed by atoms with Crippen molar-refractivity contribution < 1.29 is 21.0 Å². The molecule has 0 amide bonds. The third-order valence-corrected chi connectivity index (χ3v) is 7.08. The summed E-state index contributed by atoms with van der Waals surface area (Å²) < 4.78 is 66.5. The largest absolute Gasteiger partial charge is 0.358 e. The van der Waals surface area contributed by atoms with Gasteiger partial charge >= 0.3 is 0 Å². The van der Waals surface area contributed by atoms with Gasteiger partial charge in [0.2, 0.25) is 11.4 Å². The zero-order valence-electron chi connectivity index (χ0n) is 28.3. The van der Waals surface area contributed by atoms with Gasteiger partial charge in [-0.15, -0.1) is 0 Å². The van der Waals surface area contributed by atoms with Crippen LogP contribution in [0.5, 0.6) is 0 Å². The lowest BCUT2D eigenvalue weighted by Crippen LogP contribution is -2.66. The number of hydrogen-bond acceptors (Lipinski definition) is 0. The Balaban J connectivity index is 1.38. The first-order chi connectivity index (χ1) is 20.8. The number of H-pyrrole nitrogens is 2. The Hall–Kier alpha value is -4.44. The van der Waals surface area contributed by atoms with Crippen LogP contribution in [0, 0.1) is 13.8 Å². The van der Waals surface area contributed by atoms with Crippen LogP contribution in [-0.2, 0) is 0 Å². The number of fused-ring (bicyclic) bond motifs is 4. The molecule has 0 atom stereocenters. The summed E-state index contributed by atoms with van der Waals surface area (Å²) in [5.74, 6) is 0. The second kappa shape index (κ2) is 7.53. The number of aromatic nitrogens is 2. The Morgan fingerprint density at radius 2 is 0.972 bits per heavy atom. The molecule has 36 heavy (non-hydrogen) atoms. The smallest absolute Gasteiger partial charge is 0.214 e. The second-order valence-electron chi connectivity index (χ2n) is 9.39. The molecule has 4 heteroatoms. The van der Waals surface area contributed by atoms with Crippen LogP contribution in [0.25, 0.3) is 45.1 Å². The molecule has 0 radical (unpaired) electrons. The number of benzene rings is 3. The number of aromatic amines is 2. The van der Waals surface area contributed by atoms with E-state index >= 15 is 0 Å². The molecule has 2 aliphatic rings. The summed E-state index contributed by atoms with van der Waals surface area (Å²) in [5.41, 5.74) is 9.93. The highest BCUT2D eigenvalue weighted by atomic mass is 14.8. The van der Waals surface area contributed by atoms with E-state index in [1.165, 1.54) is 0 Å². The van der Waals surface area contributed by atoms with Crippen molar-refractivity contribution in [1.29, 1.82) is 0 Å². The summed E-state index contributed by atoms with van der Waals surface area (Å²) in [6, 6.07) is 2.88. The predicted octanol–water partition coefficient (Wildman–Crippen LogP) is 4.07. The van der Waals surface area contributed by atoms with E-state index in [2.05, 4.69) is 32.1 Å². The van der Waals surface area contributed by atoms with E-state index in [0.717, 1.165) is 45.1 Å². The number of nitrogens with one attached hydrogen (secondary N) is 4. The average Bonchev–Trinajstić information content (AvgIpc) is 3.68. The molecule has 174 valence electrons. The first kappa shape index (κ1) is 14.2. The molecule has 4 nitrogen and oxygen atoms in total. The van der Waals surface area contributed by atoms with E-state index in [4.69, 9.17) is 11.0 Å². The van der Waals surface area contributed by atoms with Gasteiger partial charge in [-0.3, -0.25) is 0 Å². The quantitative estimate of drug-likeness (QED) is 0.297. The normalized spacial score (nSPS) is 19.9. The van der Waals surface area contributed by atoms with Crippen molar-refractivity contribution in [2.45, 2.75) is 27.7 Å². The maximum Gasteiger partial charge on any atom is 0.214 e. The van der Waals surface area contributed by atoms with Crippen LogP contribution in [-0.4, -0.2) is 21.4 Å². The van der Waals surface area contributed by atoms with Gasteiger partial charge in [0.05, 0.1) is 44.6 Å². The topological polar surface area (TPSA) is 59.5 Å². The zero-order chi connectivity index (χ0) is 31.5. The zero-order valence-corrected chi connectivity index (χ0v) is 20.3. The van der Waals surface area contributed by atoms with Crippen molar-refractivity contribution in [3.8, 4) is 0 Å². The first-order valence-corrected chi connectivity index (χ1v) is 11.8. The molecule has 4 N–H and O–H groups in total. The fourth-order valence-corrected chi connectivity index (χ4v) is 5.32. The third-order valence-electron chi connectivity index (χ3n) is 7.08. The highest BCUT2D eigenvalue weighted by molar-refractivity contribution is 6.11. The van der Waals surface area contributed by atoms with Gasteiger partial charge in [0, 0.05) is 58.9 Å². The van der Waals surface area contributed by atoms with Gasteiger partial charge < -0.3 is 9.97 Å². The van der Waals surface area contributed by atoms with E-state index in [9.17, 15) is 0 Å². The molecular weight excluding hydrogens is 440 g/mol. The monoisotopic (exact) mass is 476 g/mol. The van der Waals surface area contributed by atoms with Crippen LogP contribution < -0.4 is 9.98 Å². The minimum atomic E-state index is -0.266. The fourth-order valence-electron chi connectivity index (χ4n) is 5.32. The van der Waals surface area contributed by atoms with Crippen LogP contribution in [0.1, 0.15) is 69.8 Å². The molecule has 0 bridgehead atoms. The van der Waals surface area contributed by atoms with Crippen LogP contribution in [0.4, 0.5) is 0 Å². The molecular formula is C32H28N4+2. The Kier molecular flexibility index (Phi) is 2.97. The van der Waals surface area contributed by atoms with Crippen LogP contribution in [0.15, 0.2) is 60.5 Å². The molecule has 0 spiro atoms. The van der Waals surface area contributed by atoms with Crippen molar-refractivity contribution in [2.24, 2.45) is 0 Å². The Morgan fingerprint density at radius 1 is 0.583 bits per heavy atom. The van der Waals surface area contributed by atoms with Gasteiger partial charge in [-0.2, -0.15) is 0 Å². The Bertz CT molecular complexity index is 2140. The van der Waals surface area contributed by atoms with Gasteiger partial charge in [-0.05, 0) is 26.0 Å². The Labute approximate surface area is 221 Å². The fraction of sp³-hybridized carbons (Fsp3) is 0.125. The highest BCUT2D eigenvalue weighted by Crippen LogP contribution is 2.32. The molecule has 0 saturated carbocycles. The first-order valence-electron chi connectivity index (χ1n) is 15.8. The summed E-state index contributed by atoms with van der Waals surface area (Å²) in [5, 5.41) is 1.87. The minimum absolute atomic E-state index is 0.0593. The van der Waals surface area contributed by atoms with Crippen molar-refractivity contribution >= 4 is 56.5 Å². The molecule has 3 aromatic carbocycles. The van der Waals surface area contributed by atoms with Crippen LogP contribution in [0.2, 0.25) is 0 Å². The predicted molar refractivity (Wildman–Crippen MR) is 150 cm³/mol. The van der Waals surface area contributed by atoms with E-state index in [1.807, 2.05) is 39.8 Å². The SMILES string of the molecule is [2H]c1c([2H])c([2H])c2c(/C=C3\[NH+]=C(C)c4cc5c(cc43)C(C)=[NH+]/C5=C\c3[nH]c(C)c4c([2H])c([2H])c([2H])c([2H])c34)[nH]c(C)c2c1[2H]. The lowest BCUT2D eigenvalue weighted by Gasteiger charge is -2.02. The summed E-state index contributed by atoms with van der Waals surface area (Å²) in [6.45, 7) is 7.58. The molecule has 0 aliphatic carbocycles. The average molecular weight is 477 g/mol. The maximum absolute atomic E-state index is 8.55. The van der Waals surface area contributed by atoms with E-state index in [0.29, 0.717) is 44.3 Å². The number of rotatable bonds is 2. The van der Waals surface area contributed by atoms with Crippen molar-refractivity contribution in [1.82, 2.24) is 9.97 Å². The molecule has 0 fully saturated rings. The van der Waals surface area contributed by atoms with Crippen LogP contribution >= 0.6 is 0 Å². The van der Waals surface area contributed by atoms with Gasteiger partial charge in [0.25, 0.3) is 0 Å². The van der Waals surface area contributed by atoms with Gasteiger partial charge in [-0.1, -0.05) is 48.3 Å².